The average Bonchev–Trinajstić information content (AvgIpc) is 2.88. The number of nitrogens with two attached hydrogens (primary N) is 1. The number of likely N-dealkylation sites (tertiary alicyclic amines) is 1. The van der Waals surface area contributed by atoms with E-state index in [0.717, 1.165) is 38.9 Å². The second-order valence-electron chi connectivity index (χ2n) is 7.32. The summed E-state index contributed by atoms with van der Waals surface area (Å²) >= 11 is 0. The summed E-state index contributed by atoms with van der Waals surface area (Å²) in [5.41, 5.74) is 6.05. The molecular weight excluding hydrogens is 302 g/mol. The molecule has 3 rings (SSSR count). The molecule has 1 aliphatic carbocycles. The van der Waals surface area contributed by atoms with Crippen molar-refractivity contribution in [2.75, 3.05) is 39.3 Å². The van der Waals surface area contributed by atoms with Crippen LogP contribution in [-0.4, -0.2) is 67.2 Å². The van der Waals surface area contributed by atoms with Crippen LogP contribution in [0.25, 0.3) is 0 Å². The Morgan fingerprint density at radius 1 is 1.32 bits per heavy atom. The van der Waals surface area contributed by atoms with E-state index in [1.54, 1.807) is 0 Å². The van der Waals surface area contributed by atoms with Gasteiger partial charge in [-0.25, -0.2) is 0 Å². The summed E-state index contributed by atoms with van der Waals surface area (Å²) in [6.45, 7) is 6.91. The summed E-state index contributed by atoms with van der Waals surface area (Å²) in [5, 5.41) is 0. The highest BCUT2D eigenvalue weighted by Crippen LogP contribution is 2.30. The zero-order valence-corrected chi connectivity index (χ0v) is 14.4. The zero-order chi connectivity index (χ0) is 14.9. The SMILES string of the molecule is CC1(CN)CCN(CC(=O)N2CCOC3CCCCC32)C1.Cl. The third-order valence-corrected chi connectivity index (χ3v) is 5.54. The molecule has 22 heavy (non-hydrogen) atoms. The van der Waals surface area contributed by atoms with Gasteiger partial charge in [0.25, 0.3) is 0 Å². The molecule has 3 atom stereocenters. The van der Waals surface area contributed by atoms with Crippen LogP contribution in [0, 0.1) is 5.41 Å². The van der Waals surface area contributed by atoms with E-state index in [9.17, 15) is 4.79 Å². The normalized spacial score (nSPS) is 35.8. The summed E-state index contributed by atoms with van der Waals surface area (Å²) in [4.78, 5) is 17.1. The highest BCUT2D eigenvalue weighted by atomic mass is 35.5. The average molecular weight is 332 g/mol. The van der Waals surface area contributed by atoms with Gasteiger partial charge in [0.1, 0.15) is 0 Å². The van der Waals surface area contributed by atoms with Gasteiger partial charge in [0.15, 0.2) is 0 Å². The fraction of sp³-hybridized carbons (Fsp3) is 0.938. The van der Waals surface area contributed by atoms with Crippen LogP contribution in [-0.2, 0) is 9.53 Å². The number of amides is 1. The second-order valence-corrected chi connectivity index (χ2v) is 7.32. The lowest BCUT2D eigenvalue weighted by atomic mass is 9.90. The first kappa shape index (κ1) is 18.0. The first-order valence-electron chi connectivity index (χ1n) is 8.45. The fourth-order valence-electron chi connectivity index (χ4n) is 4.12. The summed E-state index contributed by atoms with van der Waals surface area (Å²) in [7, 11) is 0. The molecule has 2 aliphatic heterocycles. The number of halogens is 1. The number of nitrogens with zero attached hydrogens (tertiary/aromatic N) is 2. The van der Waals surface area contributed by atoms with Crippen molar-refractivity contribution >= 4 is 18.3 Å². The van der Waals surface area contributed by atoms with Crippen molar-refractivity contribution in [1.82, 2.24) is 9.80 Å². The van der Waals surface area contributed by atoms with Gasteiger partial charge in [-0.15, -0.1) is 12.4 Å². The predicted molar refractivity (Wildman–Crippen MR) is 89.2 cm³/mol. The Balaban J connectivity index is 0.00000176. The van der Waals surface area contributed by atoms with Crippen molar-refractivity contribution in [2.45, 2.75) is 51.2 Å². The Kier molecular flexibility index (Phi) is 6.11. The largest absolute Gasteiger partial charge is 0.374 e. The summed E-state index contributed by atoms with van der Waals surface area (Å²) in [5.74, 6) is 0.288. The summed E-state index contributed by atoms with van der Waals surface area (Å²) < 4.78 is 5.86. The Labute approximate surface area is 139 Å². The van der Waals surface area contributed by atoms with Crippen molar-refractivity contribution in [3.05, 3.63) is 0 Å². The molecule has 6 heteroatoms. The molecule has 3 fully saturated rings. The number of ether oxygens (including phenoxy) is 1. The molecule has 2 saturated heterocycles. The van der Waals surface area contributed by atoms with Crippen molar-refractivity contribution in [1.29, 1.82) is 0 Å². The molecule has 0 aromatic rings. The van der Waals surface area contributed by atoms with Crippen molar-refractivity contribution < 1.29 is 9.53 Å². The first-order chi connectivity index (χ1) is 10.1. The van der Waals surface area contributed by atoms with Crippen molar-refractivity contribution in [3.63, 3.8) is 0 Å². The van der Waals surface area contributed by atoms with Crippen LogP contribution in [0.4, 0.5) is 0 Å². The highest BCUT2D eigenvalue weighted by molar-refractivity contribution is 5.85. The molecule has 2 heterocycles. The highest BCUT2D eigenvalue weighted by Gasteiger charge is 2.38. The Morgan fingerprint density at radius 3 is 2.82 bits per heavy atom. The standard InChI is InChI=1S/C16H29N3O2.ClH/c1-16(11-17)6-7-18(12-16)10-15(20)19-8-9-21-14-5-3-2-4-13(14)19;/h13-14H,2-12,17H2,1H3;1H. The fourth-order valence-corrected chi connectivity index (χ4v) is 4.12. The van der Waals surface area contributed by atoms with Crippen LogP contribution in [0.1, 0.15) is 39.0 Å². The van der Waals surface area contributed by atoms with Gasteiger partial charge in [0.2, 0.25) is 5.91 Å². The lowest BCUT2D eigenvalue weighted by Gasteiger charge is -2.44. The van der Waals surface area contributed by atoms with Gasteiger partial charge >= 0.3 is 0 Å². The quantitative estimate of drug-likeness (QED) is 0.845. The molecule has 3 aliphatic rings. The lowest BCUT2D eigenvalue weighted by molar-refractivity contribution is -0.150. The number of hydrogen-bond acceptors (Lipinski definition) is 4. The predicted octanol–water partition coefficient (Wildman–Crippen LogP) is 1.25. The van der Waals surface area contributed by atoms with Gasteiger partial charge in [-0.2, -0.15) is 0 Å². The van der Waals surface area contributed by atoms with E-state index >= 15 is 0 Å². The number of rotatable bonds is 3. The minimum Gasteiger partial charge on any atom is -0.374 e. The molecule has 5 nitrogen and oxygen atoms in total. The van der Waals surface area contributed by atoms with E-state index < -0.39 is 0 Å². The minimum atomic E-state index is 0. The van der Waals surface area contributed by atoms with Gasteiger partial charge in [-0.3, -0.25) is 9.69 Å². The Bertz CT molecular complexity index is 394. The maximum absolute atomic E-state index is 12.7. The molecule has 1 saturated carbocycles. The van der Waals surface area contributed by atoms with Crippen LogP contribution in [0.15, 0.2) is 0 Å². The van der Waals surface area contributed by atoms with Crippen LogP contribution in [0.2, 0.25) is 0 Å². The number of carbonyl (C=O) groups excluding carboxylic acids is 1. The topological polar surface area (TPSA) is 58.8 Å². The number of hydrogen-bond donors (Lipinski definition) is 1. The third-order valence-electron chi connectivity index (χ3n) is 5.54. The van der Waals surface area contributed by atoms with E-state index in [1.165, 1.54) is 12.8 Å². The monoisotopic (exact) mass is 331 g/mol. The first-order valence-corrected chi connectivity index (χ1v) is 8.45. The molecule has 128 valence electrons. The van der Waals surface area contributed by atoms with Gasteiger partial charge < -0.3 is 15.4 Å². The molecule has 2 N–H and O–H groups in total. The van der Waals surface area contributed by atoms with E-state index in [-0.39, 0.29) is 29.8 Å². The second kappa shape index (κ2) is 7.47. The van der Waals surface area contributed by atoms with Crippen molar-refractivity contribution in [2.24, 2.45) is 11.1 Å². The van der Waals surface area contributed by atoms with E-state index in [2.05, 4.69) is 16.7 Å². The van der Waals surface area contributed by atoms with Gasteiger partial charge in [0.05, 0.1) is 25.3 Å². The minimum absolute atomic E-state index is 0. The molecule has 0 aromatic heterocycles. The van der Waals surface area contributed by atoms with Crippen LogP contribution in [0.5, 0.6) is 0 Å². The van der Waals surface area contributed by atoms with E-state index in [1.807, 2.05) is 0 Å². The summed E-state index contributed by atoms with van der Waals surface area (Å²) in [6.07, 6.45) is 6.07. The van der Waals surface area contributed by atoms with Gasteiger partial charge in [-0.05, 0) is 37.8 Å². The number of morpholine rings is 1. The van der Waals surface area contributed by atoms with Crippen LogP contribution >= 0.6 is 12.4 Å². The number of carbonyl (C=O) groups is 1. The smallest absolute Gasteiger partial charge is 0.237 e. The number of fused-ring (bicyclic) bond motifs is 1. The third kappa shape index (κ3) is 3.75. The summed E-state index contributed by atoms with van der Waals surface area (Å²) in [6, 6.07) is 0.323. The zero-order valence-electron chi connectivity index (χ0n) is 13.6. The van der Waals surface area contributed by atoms with E-state index in [0.29, 0.717) is 25.7 Å². The van der Waals surface area contributed by atoms with Crippen molar-refractivity contribution in [3.8, 4) is 0 Å². The van der Waals surface area contributed by atoms with Gasteiger partial charge in [0, 0.05) is 13.1 Å². The maximum atomic E-state index is 12.7. The molecule has 0 spiro atoms. The molecule has 0 radical (unpaired) electrons. The van der Waals surface area contributed by atoms with Crippen LogP contribution < -0.4 is 5.73 Å². The molecule has 3 unspecified atom stereocenters. The van der Waals surface area contributed by atoms with Gasteiger partial charge in [-0.1, -0.05) is 19.8 Å². The molecular formula is C16H30ClN3O2. The Morgan fingerprint density at radius 2 is 2.09 bits per heavy atom. The van der Waals surface area contributed by atoms with Crippen LogP contribution in [0.3, 0.4) is 0 Å². The lowest BCUT2D eigenvalue weighted by Crippen LogP contribution is -2.56. The molecule has 1 amide bonds. The molecule has 0 bridgehead atoms. The maximum Gasteiger partial charge on any atom is 0.237 e. The molecule has 0 aromatic carbocycles. The Hall–Kier alpha value is -0.360. The van der Waals surface area contributed by atoms with E-state index in [4.69, 9.17) is 10.5 Å².